The van der Waals surface area contributed by atoms with Gasteiger partial charge >= 0.3 is 24.0 Å². The monoisotopic (exact) mass is 351 g/mol. The van der Waals surface area contributed by atoms with Crippen molar-refractivity contribution in [1.29, 1.82) is 0 Å². The van der Waals surface area contributed by atoms with Crippen LogP contribution in [0.15, 0.2) is 24.3 Å². The molecule has 0 saturated carbocycles. The molecule has 9 nitrogen and oxygen atoms in total. The van der Waals surface area contributed by atoms with Crippen LogP contribution in [0.25, 0.3) is 0 Å². The Morgan fingerprint density at radius 2 is 1.96 bits per heavy atom. The van der Waals surface area contributed by atoms with Crippen LogP contribution >= 0.6 is 0 Å². The first-order valence-corrected chi connectivity index (χ1v) is 7.46. The van der Waals surface area contributed by atoms with Crippen LogP contribution < -0.4 is 4.74 Å². The standard InChI is InChI=1S/C16H17NO8/c1-10(18)25-12-4-2-11(3-5-12)8-23-16(22)17-9-24-15(21)13(17)6-7-14(19)20/h2-5,13H,6-9H2,1H3,(H,19,20). The van der Waals surface area contributed by atoms with E-state index in [4.69, 9.17) is 19.3 Å². The number of rotatable bonds is 6. The number of carboxylic acids is 1. The lowest BCUT2D eigenvalue weighted by molar-refractivity contribution is -0.140. The average molecular weight is 351 g/mol. The van der Waals surface area contributed by atoms with E-state index in [9.17, 15) is 19.2 Å². The van der Waals surface area contributed by atoms with E-state index in [-0.39, 0.29) is 26.2 Å². The summed E-state index contributed by atoms with van der Waals surface area (Å²) in [6, 6.07) is 5.40. The quantitative estimate of drug-likeness (QED) is 0.601. The molecule has 1 aromatic rings. The first kappa shape index (κ1) is 18.2. The molecule has 0 radical (unpaired) electrons. The maximum absolute atomic E-state index is 12.1. The summed E-state index contributed by atoms with van der Waals surface area (Å²) in [6.07, 6.45) is -1.08. The van der Waals surface area contributed by atoms with Crippen molar-refractivity contribution in [2.24, 2.45) is 0 Å². The smallest absolute Gasteiger partial charge is 0.413 e. The first-order valence-electron chi connectivity index (χ1n) is 7.46. The molecule has 1 unspecified atom stereocenters. The van der Waals surface area contributed by atoms with Crippen molar-refractivity contribution in [2.75, 3.05) is 6.73 Å². The van der Waals surface area contributed by atoms with Crippen molar-refractivity contribution in [1.82, 2.24) is 4.90 Å². The molecule has 1 N–H and O–H groups in total. The van der Waals surface area contributed by atoms with Gasteiger partial charge in [0.05, 0.1) is 0 Å². The number of amides is 1. The second kappa shape index (κ2) is 8.13. The lowest BCUT2D eigenvalue weighted by Gasteiger charge is -2.19. The summed E-state index contributed by atoms with van der Waals surface area (Å²) in [5.41, 5.74) is 0.651. The number of aliphatic carboxylic acids is 1. The molecule has 1 aromatic carbocycles. The highest BCUT2D eigenvalue weighted by molar-refractivity contribution is 5.84. The lowest BCUT2D eigenvalue weighted by Crippen LogP contribution is -2.38. The fraction of sp³-hybridized carbons (Fsp3) is 0.375. The maximum atomic E-state index is 12.1. The first-order chi connectivity index (χ1) is 11.9. The molecule has 1 aliphatic rings. The van der Waals surface area contributed by atoms with Gasteiger partial charge in [-0.15, -0.1) is 0 Å². The van der Waals surface area contributed by atoms with Crippen LogP contribution in [0.4, 0.5) is 4.79 Å². The van der Waals surface area contributed by atoms with Crippen LogP contribution in [-0.4, -0.2) is 46.8 Å². The van der Waals surface area contributed by atoms with Gasteiger partial charge in [-0.1, -0.05) is 12.1 Å². The van der Waals surface area contributed by atoms with Gasteiger partial charge in [-0.25, -0.2) is 9.59 Å². The molecule has 0 aliphatic carbocycles. The molecule has 0 aromatic heterocycles. The van der Waals surface area contributed by atoms with Crippen LogP contribution in [0.1, 0.15) is 25.3 Å². The summed E-state index contributed by atoms with van der Waals surface area (Å²) < 4.78 is 14.8. The topological polar surface area (TPSA) is 119 Å². The minimum Gasteiger partial charge on any atom is -0.481 e. The van der Waals surface area contributed by atoms with Gasteiger partial charge in [0.1, 0.15) is 18.4 Å². The van der Waals surface area contributed by atoms with E-state index in [1.165, 1.54) is 6.92 Å². The molecule has 1 fully saturated rings. The second-order valence-corrected chi connectivity index (χ2v) is 5.30. The number of hydrogen-bond acceptors (Lipinski definition) is 7. The van der Waals surface area contributed by atoms with Crippen molar-refractivity contribution in [2.45, 2.75) is 32.4 Å². The van der Waals surface area contributed by atoms with Crippen molar-refractivity contribution in [3.63, 3.8) is 0 Å². The number of carbonyl (C=O) groups is 4. The molecule has 0 bridgehead atoms. The highest BCUT2D eigenvalue weighted by Crippen LogP contribution is 2.19. The maximum Gasteiger partial charge on any atom is 0.413 e. The predicted octanol–water partition coefficient (Wildman–Crippen LogP) is 1.30. The Labute approximate surface area is 143 Å². The van der Waals surface area contributed by atoms with Crippen molar-refractivity contribution in [3.8, 4) is 5.75 Å². The number of carboxylic acid groups (broad SMARTS) is 1. The molecular formula is C16H17NO8. The fourth-order valence-electron chi connectivity index (χ4n) is 2.21. The van der Waals surface area contributed by atoms with Crippen LogP contribution in [0.5, 0.6) is 5.75 Å². The molecule has 134 valence electrons. The molecule has 1 saturated heterocycles. The lowest BCUT2D eigenvalue weighted by atomic mass is 10.1. The molecule has 1 heterocycles. The molecule has 9 heteroatoms. The van der Waals surface area contributed by atoms with E-state index in [1.807, 2.05) is 0 Å². The fourth-order valence-corrected chi connectivity index (χ4v) is 2.21. The van der Waals surface area contributed by atoms with Crippen molar-refractivity contribution in [3.05, 3.63) is 29.8 Å². The van der Waals surface area contributed by atoms with E-state index in [2.05, 4.69) is 0 Å². The number of nitrogens with zero attached hydrogens (tertiary/aromatic N) is 1. The zero-order valence-corrected chi connectivity index (χ0v) is 13.5. The normalized spacial score (nSPS) is 16.3. The number of cyclic esters (lactones) is 1. The van der Waals surface area contributed by atoms with Gasteiger partial charge < -0.3 is 19.3 Å². The van der Waals surface area contributed by atoms with Gasteiger partial charge in [0.2, 0.25) is 0 Å². The van der Waals surface area contributed by atoms with Crippen molar-refractivity contribution >= 4 is 24.0 Å². The third kappa shape index (κ3) is 5.20. The average Bonchev–Trinajstić information content (AvgIpc) is 2.92. The molecule has 1 atom stereocenters. The van der Waals surface area contributed by atoms with Gasteiger partial charge in [-0.2, -0.15) is 0 Å². The molecular weight excluding hydrogens is 334 g/mol. The Balaban J connectivity index is 1.89. The second-order valence-electron chi connectivity index (χ2n) is 5.30. The van der Waals surface area contributed by atoms with Gasteiger partial charge in [0, 0.05) is 13.3 Å². The Morgan fingerprint density at radius 1 is 1.28 bits per heavy atom. The highest BCUT2D eigenvalue weighted by atomic mass is 16.6. The third-order valence-corrected chi connectivity index (χ3v) is 3.41. The summed E-state index contributed by atoms with van der Waals surface area (Å²) in [5.74, 6) is -1.79. The van der Waals surface area contributed by atoms with Crippen LogP contribution in [0.2, 0.25) is 0 Å². The summed E-state index contributed by atoms with van der Waals surface area (Å²) in [6.45, 7) is 0.957. The summed E-state index contributed by atoms with van der Waals surface area (Å²) in [4.78, 5) is 46.2. The van der Waals surface area contributed by atoms with E-state index >= 15 is 0 Å². The van der Waals surface area contributed by atoms with Crippen LogP contribution in [0.3, 0.4) is 0 Å². The third-order valence-electron chi connectivity index (χ3n) is 3.41. The molecule has 1 aliphatic heterocycles. The number of hydrogen-bond donors (Lipinski definition) is 1. The number of benzene rings is 1. The SMILES string of the molecule is CC(=O)Oc1ccc(COC(=O)N2COC(=O)C2CCC(=O)O)cc1. The highest BCUT2D eigenvalue weighted by Gasteiger charge is 2.38. The number of carbonyl (C=O) groups excluding carboxylic acids is 3. The Hall–Kier alpha value is -3.10. The van der Waals surface area contributed by atoms with Crippen molar-refractivity contribution < 1.29 is 38.5 Å². The van der Waals surface area contributed by atoms with Gasteiger partial charge in [0.25, 0.3) is 0 Å². The van der Waals surface area contributed by atoms with Crippen LogP contribution in [0, 0.1) is 0 Å². The summed E-state index contributed by atoms with van der Waals surface area (Å²) in [5, 5.41) is 8.70. The summed E-state index contributed by atoms with van der Waals surface area (Å²) >= 11 is 0. The van der Waals surface area contributed by atoms with E-state index in [0.29, 0.717) is 11.3 Å². The largest absolute Gasteiger partial charge is 0.481 e. The van der Waals surface area contributed by atoms with Gasteiger partial charge in [-0.05, 0) is 24.1 Å². The van der Waals surface area contributed by atoms with Crippen LogP contribution in [-0.2, 0) is 30.5 Å². The minimum absolute atomic E-state index is 0.0413. The minimum atomic E-state index is -1.07. The Bertz CT molecular complexity index is 669. The number of esters is 2. The van der Waals surface area contributed by atoms with E-state index in [0.717, 1.165) is 4.90 Å². The van der Waals surface area contributed by atoms with Gasteiger partial charge in [0.15, 0.2) is 6.73 Å². The number of ether oxygens (including phenoxy) is 3. The zero-order valence-electron chi connectivity index (χ0n) is 13.5. The predicted molar refractivity (Wildman–Crippen MR) is 81.4 cm³/mol. The molecule has 2 rings (SSSR count). The van der Waals surface area contributed by atoms with E-state index in [1.54, 1.807) is 24.3 Å². The Kier molecular flexibility index (Phi) is 5.93. The summed E-state index contributed by atoms with van der Waals surface area (Å²) in [7, 11) is 0. The molecule has 0 spiro atoms. The molecule has 25 heavy (non-hydrogen) atoms. The Morgan fingerprint density at radius 3 is 2.56 bits per heavy atom. The molecule has 1 amide bonds. The zero-order chi connectivity index (χ0) is 18.4. The van der Waals surface area contributed by atoms with Gasteiger partial charge in [-0.3, -0.25) is 14.5 Å². The van der Waals surface area contributed by atoms with E-state index < -0.39 is 30.0 Å².